The van der Waals surface area contributed by atoms with Crippen molar-refractivity contribution in [2.45, 2.75) is 166 Å². The molecule has 0 spiro atoms. The zero-order valence-corrected chi connectivity index (χ0v) is 40.6. The van der Waals surface area contributed by atoms with E-state index in [0.717, 1.165) is 34.4 Å². The van der Waals surface area contributed by atoms with Crippen molar-refractivity contribution in [1.29, 1.82) is 0 Å². The van der Waals surface area contributed by atoms with E-state index in [2.05, 4.69) is 39.7 Å². The second-order valence-corrected chi connectivity index (χ2v) is 13.0. The number of nitrogens with one attached hydrogen (secondary N) is 1. The fourth-order valence-electron chi connectivity index (χ4n) is 1.23. The van der Waals surface area contributed by atoms with Crippen LogP contribution >= 0.6 is 7.60 Å². The minimum absolute atomic E-state index is 0. The second kappa shape index (κ2) is 104. The number of hydrogen-bond donors (Lipinski definition) is 8. The van der Waals surface area contributed by atoms with Crippen LogP contribution in [0.5, 0.6) is 0 Å². The topological polar surface area (TPSA) is 370 Å². The molecule has 0 aromatic carbocycles. The van der Waals surface area contributed by atoms with Crippen molar-refractivity contribution >= 4 is 57.9 Å². The standard InChI is InChI=1S/C6H14O.C5H12O.C4H7NO3.C4H6O4.C2H4O2.C2H6O.3C2H6.CH4O4S.CH5O3P.CH4O3S.7CH4/c1-4-5-6(2)7-3;1-3-4-5-6-2;1-5-3(6)2-4(7)8;1-8-4(7)2-3(5)6;1-2(3)4;1-3-2;3*1-2;1-5-6(2,3)4;2*1-5(2,3)4;;;;;;;/h6H,4-5H2,1-3H3;3-5H2,1-2H3;2H2,1H3,(H,5,6)(H,7,8);2H2,1H3,(H,5,6);1H3,(H,3,4);1-2H3;3*1-2H3;1H3,(H,2,3,4);1H3,(H2,2,3,4);1H3,(H,2,3,4);7*1H4. The number of carbonyl (C=O) groups excluding carboxylic acids is 2. The number of hydrogen-bond acceptors (Lipinski definition) is 15. The highest BCUT2D eigenvalue weighted by atomic mass is 32.3. The van der Waals surface area contributed by atoms with Crippen molar-refractivity contribution in [2.24, 2.45) is 0 Å². The van der Waals surface area contributed by atoms with Crippen LogP contribution in [0.2, 0.25) is 0 Å². The molecular formula is C39H108NO22PS2. The van der Waals surface area contributed by atoms with E-state index < -0.39 is 70.7 Å². The highest BCUT2D eigenvalue weighted by Gasteiger charge is 2.05. The zero-order chi connectivity index (χ0) is 50.2. The van der Waals surface area contributed by atoms with Crippen molar-refractivity contribution in [2.75, 3.05) is 69.2 Å². The Hall–Kier alpha value is -2.84. The molecule has 0 aliphatic carbocycles. The Morgan fingerprint density at radius 1 is 0.677 bits per heavy atom. The van der Waals surface area contributed by atoms with Gasteiger partial charge in [0.2, 0.25) is 5.91 Å². The highest BCUT2D eigenvalue weighted by molar-refractivity contribution is 7.85. The maximum Gasteiger partial charge on any atom is 0.397 e. The molecule has 0 radical (unpaired) electrons. The fraction of sp³-hybridized carbons (Fsp3) is 0.872. The molecule has 1 amide bonds. The smallest absolute Gasteiger partial charge is 0.397 e. The Balaban J connectivity index is -0.0000000211. The molecule has 0 saturated heterocycles. The van der Waals surface area contributed by atoms with Gasteiger partial charge in [-0.2, -0.15) is 16.8 Å². The number of esters is 1. The van der Waals surface area contributed by atoms with Gasteiger partial charge in [0, 0.05) is 55.7 Å². The molecule has 0 aliphatic rings. The van der Waals surface area contributed by atoms with Crippen LogP contribution in [-0.2, 0) is 72.2 Å². The molecule has 0 aromatic heterocycles. The number of rotatable bonds is 11. The van der Waals surface area contributed by atoms with Gasteiger partial charge in [-0.15, -0.1) is 0 Å². The Kier molecular flexibility index (Phi) is 199. The van der Waals surface area contributed by atoms with Gasteiger partial charge in [0.1, 0.15) is 12.8 Å². The molecule has 0 rings (SSSR count). The van der Waals surface area contributed by atoms with E-state index in [0.29, 0.717) is 12.4 Å². The van der Waals surface area contributed by atoms with Crippen LogP contribution in [0.25, 0.3) is 0 Å². The number of carboxylic acids is 3. The van der Waals surface area contributed by atoms with E-state index >= 15 is 0 Å². The molecule has 1 unspecified atom stereocenters. The summed E-state index contributed by atoms with van der Waals surface area (Å²) >= 11 is 0. The summed E-state index contributed by atoms with van der Waals surface area (Å²) in [5.74, 6) is -4.31. The fourth-order valence-corrected chi connectivity index (χ4v) is 1.23. The molecule has 23 nitrogen and oxygen atoms in total. The van der Waals surface area contributed by atoms with Gasteiger partial charge in [0.15, 0.2) is 0 Å². The molecule has 0 bridgehead atoms. The van der Waals surface area contributed by atoms with Crippen molar-refractivity contribution in [3.63, 3.8) is 0 Å². The molecule has 0 aromatic rings. The number of carboxylic acid groups (broad SMARTS) is 3. The second-order valence-electron chi connectivity index (χ2n) is 8.66. The van der Waals surface area contributed by atoms with Crippen LogP contribution in [0, 0.1) is 0 Å². The molecule has 0 aliphatic heterocycles. The average molecular weight is 1040 g/mol. The average Bonchev–Trinajstić information content (AvgIpc) is 3.09. The van der Waals surface area contributed by atoms with Gasteiger partial charge in [-0.1, -0.05) is 120 Å². The summed E-state index contributed by atoms with van der Waals surface area (Å²) in [5.41, 5.74) is 0. The first-order chi connectivity index (χ1) is 26.3. The van der Waals surface area contributed by atoms with Crippen LogP contribution in [0.4, 0.5) is 0 Å². The largest absolute Gasteiger partial charge is 0.481 e. The lowest BCUT2D eigenvalue weighted by molar-refractivity contribution is -0.149. The summed E-state index contributed by atoms with van der Waals surface area (Å²) in [7, 11) is -1.33. The van der Waals surface area contributed by atoms with E-state index in [1.165, 1.54) is 32.7 Å². The Morgan fingerprint density at radius 2 is 0.923 bits per heavy atom. The highest BCUT2D eigenvalue weighted by Crippen LogP contribution is 2.26. The summed E-state index contributed by atoms with van der Waals surface area (Å²) in [6, 6.07) is 0. The third-order valence-corrected chi connectivity index (χ3v) is 3.55. The van der Waals surface area contributed by atoms with Crippen molar-refractivity contribution in [3.05, 3.63) is 0 Å². The molecule has 1 atom stereocenters. The Morgan fingerprint density at radius 3 is 0.985 bits per heavy atom. The van der Waals surface area contributed by atoms with Crippen molar-refractivity contribution in [3.8, 4) is 0 Å². The normalized spacial score (nSPS) is 8.17. The lowest BCUT2D eigenvalue weighted by Crippen LogP contribution is -2.20. The lowest BCUT2D eigenvalue weighted by atomic mass is 10.2. The zero-order valence-electron chi connectivity index (χ0n) is 38.0. The summed E-state index contributed by atoms with van der Waals surface area (Å²) in [6.07, 6.45) is 4.97. The summed E-state index contributed by atoms with van der Waals surface area (Å²) in [4.78, 5) is 63.8. The third-order valence-electron chi connectivity index (χ3n) is 3.12. The van der Waals surface area contributed by atoms with E-state index in [1.807, 2.05) is 41.5 Å². The van der Waals surface area contributed by atoms with Crippen LogP contribution < -0.4 is 5.32 Å². The van der Waals surface area contributed by atoms with E-state index in [4.69, 9.17) is 48.5 Å². The maximum atomic E-state index is 10.1. The SMILES string of the molecule is C.C.C.C.C.C.C.CC.CC.CC.CC(=O)O.CCCC(C)OC.CCCCOC.CNC(=O)CC(=O)O.COC.COC(=O)CC(=O)O.COS(=O)(=O)O.CP(=O)(O)O.CS(=O)(=O)O. The third kappa shape index (κ3) is 527. The number of aliphatic carboxylic acids is 3. The predicted octanol–water partition coefficient (Wildman–Crippen LogP) is 8.71. The van der Waals surface area contributed by atoms with Crippen LogP contribution in [-0.4, -0.2) is 156 Å². The van der Waals surface area contributed by atoms with Gasteiger partial charge >= 0.3 is 35.9 Å². The molecule has 418 valence electrons. The van der Waals surface area contributed by atoms with Crippen LogP contribution in [0.15, 0.2) is 0 Å². The summed E-state index contributed by atoms with van der Waals surface area (Å²) in [6.45, 7) is 21.3. The van der Waals surface area contributed by atoms with Gasteiger partial charge in [0.05, 0.1) is 26.6 Å². The Labute approximate surface area is 400 Å². The predicted molar refractivity (Wildman–Crippen MR) is 270 cm³/mol. The summed E-state index contributed by atoms with van der Waals surface area (Å²) < 4.78 is 83.0. The molecule has 0 saturated carbocycles. The molecular weight excluding hydrogens is 930 g/mol. The minimum atomic E-state index is -4.16. The monoisotopic (exact) mass is 1040 g/mol. The van der Waals surface area contributed by atoms with Crippen LogP contribution in [0.1, 0.15) is 160 Å². The van der Waals surface area contributed by atoms with Gasteiger partial charge in [-0.25, -0.2) is 0 Å². The van der Waals surface area contributed by atoms with Gasteiger partial charge in [0.25, 0.3) is 16.1 Å². The first-order valence-corrected chi connectivity index (χ1v) is 22.3. The number of amides is 1. The minimum Gasteiger partial charge on any atom is -0.481 e. The quantitative estimate of drug-likeness (QED) is 0.0315. The van der Waals surface area contributed by atoms with Gasteiger partial charge in [-0.05, 0) is 19.8 Å². The number of ether oxygens (including phenoxy) is 4. The maximum absolute atomic E-state index is 10.1. The lowest BCUT2D eigenvalue weighted by Gasteiger charge is -2.04. The first kappa shape index (κ1) is 125. The number of unbranched alkanes of at least 4 members (excludes halogenated alkanes) is 1. The van der Waals surface area contributed by atoms with Gasteiger partial charge in [-0.3, -0.25) is 41.8 Å². The molecule has 65 heavy (non-hydrogen) atoms. The molecule has 0 heterocycles. The van der Waals surface area contributed by atoms with E-state index in [1.54, 1.807) is 28.4 Å². The number of carbonyl (C=O) groups is 5. The van der Waals surface area contributed by atoms with Gasteiger partial charge < -0.3 is 49.4 Å². The van der Waals surface area contributed by atoms with Crippen LogP contribution in [0.3, 0.4) is 0 Å². The van der Waals surface area contributed by atoms with Crippen molar-refractivity contribution in [1.82, 2.24) is 5.32 Å². The number of methoxy groups -OCH3 is 4. The van der Waals surface area contributed by atoms with E-state index in [9.17, 15) is 40.6 Å². The van der Waals surface area contributed by atoms with Crippen molar-refractivity contribution < 1.29 is 103 Å². The molecule has 8 N–H and O–H groups in total. The summed E-state index contributed by atoms with van der Waals surface area (Å²) in [5, 5.41) is 25.5. The Bertz CT molecular complexity index is 1050. The molecule has 0 fully saturated rings. The molecule has 26 heteroatoms. The first-order valence-electron chi connectivity index (χ1n) is 17.1. The van der Waals surface area contributed by atoms with E-state index in [-0.39, 0.29) is 52.0 Å².